The van der Waals surface area contributed by atoms with Gasteiger partial charge < -0.3 is 4.74 Å². The molecule has 1 aliphatic rings. The van der Waals surface area contributed by atoms with Crippen LogP contribution in [-0.4, -0.2) is 51.1 Å². The van der Waals surface area contributed by atoms with E-state index in [0.717, 1.165) is 23.1 Å². The second-order valence-corrected chi connectivity index (χ2v) is 8.44. The third-order valence-corrected chi connectivity index (χ3v) is 6.11. The molecule has 1 aliphatic heterocycles. The third kappa shape index (κ3) is 4.86. The van der Waals surface area contributed by atoms with Gasteiger partial charge in [0, 0.05) is 36.5 Å². The van der Waals surface area contributed by atoms with E-state index in [2.05, 4.69) is 30.5 Å². The van der Waals surface area contributed by atoms with Crippen LogP contribution >= 0.6 is 15.9 Å². The Kier molecular flexibility index (Phi) is 6.19. The van der Waals surface area contributed by atoms with Crippen molar-refractivity contribution in [2.75, 3.05) is 32.8 Å². The standard InChI is InChI=1S/C17H20BrN3O3S/c18-15-3-5-16(6-4-15)25(22,23)20-13-17(14-2-1-7-19-12-14)21-8-10-24-11-9-21/h1-7,12,17,20H,8-11,13H2. The fourth-order valence-electron chi connectivity index (χ4n) is 2.81. The van der Waals surface area contributed by atoms with Gasteiger partial charge in [0.15, 0.2) is 0 Å². The van der Waals surface area contributed by atoms with Crippen LogP contribution in [-0.2, 0) is 14.8 Å². The summed E-state index contributed by atoms with van der Waals surface area (Å²) in [5.41, 5.74) is 0.989. The minimum atomic E-state index is -3.57. The summed E-state index contributed by atoms with van der Waals surface area (Å²) in [6, 6.07) is 10.4. The first-order valence-corrected chi connectivity index (χ1v) is 10.3. The van der Waals surface area contributed by atoms with E-state index in [-0.39, 0.29) is 17.5 Å². The summed E-state index contributed by atoms with van der Waals surface area (Å²) in [6.07, 6.45) is 3.50. The molecule has 0 radical (unpaired) electrons. The van der Waals surface area contributed by atoms with E-state index in [9.17, 15) is 8.42 Å². The van der Waals surface area contributed by atoms with Crippen molar-refractivity contribution in [2.24, 2.45) is 0 Å². The summed E-state index contributed by atoms with van der Waals surface area (Å²) in [7, 11) is -3.57. The minimum Gasteiger partial charge on any atom is -0.379 e. The predicted molar refractivity (Wildman–Crippen MR) is 98.7 cm³/mol. The Bertz CT molecular complexity index is 779. The second kappa shape index (κ2) is 8.37. The summed E-state index contributed by atoms with van der Waals surface area (Å²) < 4.78 is 34.1. The fraction of sp³-hybridized carbons (Fsp3) is 0.353. The Morgan fingerprint density at radius 2 is 1.92 bits per heavy atom. The van der Waals surface area contributed by atoms with Crippen LogP contribution in [0.25, 0.3) is 0 Å². The molecule has 1 unspecified atom stereocenters. The van der Waals surface area contributed by atoms with Gasteiger partial charge >= 0.3 is 0 Å². The number of hydrogen-bond acceptors (Lipinski definition) is 5. The Morgan fingerprint density at radius 3 is 2.56 bits per heavy atom. The highest BCUT2D eigenvalue weighted by molar-refractivity contribution is 9.10. The lowest BCUT2D eigenvalue weighted by atomic mass is 10.1. The van der Waals surface area contributed by atoms with Crippen LogP contribution < -0.4 is 4.72 Å². The molecule has 8 heteroatoms. The van der Waals surface area contributed by atoms with Gasteiger partial charge in [-0.1, -0.05) is 22.0 Å². The van der Waals surface area contributed by atoms with Crippen molar-refractivity contribution in [2.45, 2.75) is 10.9 Å². The van der Waals surface area contributed by atoms with Gasteiger partial charge in [-0.15, -0.1) is 0 Å². The molecule has 1 fully saturated rings. The molecular weight excluding hydrogens is 406 g/mol. The molecule has 1 saturated heterocycles. The van der Waals surface area contributed by atoms with Crippen molar-refractivity contribution in [3.63, 3.8) is 0 Å². The fourth-order valence-corrected chi connectivity index (χ4v) is 4.11. The van der Waals surface area contributed by atoms with E-state index in [1.165, 1.54) is 0 Å². The van der Waals surface area contributed by atoms with Gasteiger partial charge in [0.1, 0.15) is 0 Å². The topological polar surface area (TPSA) is 71.5 Å². The lowest BCUT2D eigenvalue weighted by Crippen LogP contribution is -2.43. The Hall–Kier alpha value is -1.32. The quantitative estimate of drug-likeness (QED) is 0.767. The molecule has 134 valence electrons. The van der Waals surface area contributed by atoms with Crippen molar-refractivity contribution in [1.82, 2.24) is 14.6 Å². The summed E-state index contributed by atoms with van der Waals surface area (Å²) in [6.45, 7) is 3.11. The van der Waals surface area contributed by atoms with Gasteiger partial charge in [0.2, 0.25) is 10.0 Å². The van der Waals surface area contributed by atoms with E-state index in [0.29, 0.717) is 13.2 Å². The lowest BCUT2D eigenvalue weighted by Gasteiger charge is -2.34. The highest BCUT2D eigenvalue weighted by Gasteiger charge is 2.25. The largest absolute Gasteiger partial charge is 0.379 e. The molecule has 0 bridgehead atoms. The van der Waals surface area contributed by atoms with Crippen LogP contribution in [0.15, 0.2) is 58.2 Å². The summed E-state index contributed by atoms with van der Waals surface area (Å²) in [5.74, 6) is 0. The highest BCUT2D eigenvalue weighted by atomic mass is 79.9. The van der Waals surface area contributed by atoms with Gasteiger partial charge in [-0.05, 0) is 35.9 Å². The summed E-state index contributed by atoms with van der Waals surface area (Å²) >= 11 is 3.32. The maximum atomic E-state index is 12.6. The molecule has 6 nitrogen and oxygen atoms in total. The molecule has 0 amide bonds. The monoisotopic (exact) mass is 425 g/mol. The van der Waals surface area contributed by atoms with Crippen LogP contribution in [0, 0.1) is 0 Å². The number of nitrogens with one attached hydrogen (secondary N) is 1. The summed E-state index contributed by atoms with van der Waals surface area (Å²) in [5, 5.41) is 0. The number of sulfonamides is 1. The first-order chi connectivity index (χ1) is 12.1. The molecule has 1 N–H and O–H groups in total. The van der Waals surface area contributed by atoms with Gasteiger partial charge in [-0.2, -0.15) is 0 Å². The summed E-state index contributed by atoms with van der Waals surface area (Å²) in [4.78, 5) is 6.65. The third-order valence-electron chi connectivity index (χ3n) is 4.15. The van der Waals surface area contributed by atoms with E-state index in [1.807, 2.05) is 12.1 Å². The van der Waals surface area contributed by atoms with E-state index in [1.54, 1.807) is 36.7 Å². The van der Waals surface area contributed by atoms with Gasteiger partial charge in [-0.25, -0.2) is 13.1 Å². The van der Waals surface area contributed by atoms with E-state index >= 15 is 0 Å². The number of nitrogens with zero attached hydrogens (tertiary/aromatic N) is 2. The van der Waals surface area contributed by atoms with Crippen molar-refractivity contribution >= 4 is 26.0 Å². The Morgan fingerprint density at radius 1 is 1.20 bits per heavy atom. The second-order valence-electron chi connectivity index (χ2n) is 5.76. The molecule has 1 aromatic carbocycles. The molecule has 2 aromatic rings. The number of benzene rings is 1. The maximum absolute atomic E-state index is 12.6. The molecular formula is C17H20BrN3O3S. The average molecular weight is 426 g/mol. The molecule has 0 spiro atoms. The zero-order valence-corrected chi connectivity index (χ0v) is 16.0. The number of pyridine rings is 1. The normalized spacial score (nSPS) is 17.3. The maximum Gasteiger partial charge on any atom is 0.240 e. The molecule has 3 rings (SSSR count). The zero-order chi connectivity index (χ0) is 17.7. The Labute approximate surface area is 156 Å². The first-order valence-electron chi connectivity index (χ1n) is 8.03. The SMILES string of the molecule is O=S(=O)(NCC(c1cccnc1)N1CCOCC1)c1ccc(Br)cc1. The molecule has 1 atom stereocenters. The van der Waals surface area contributed by atoms with Gasteiger partial charge in [0.05, 0.1) is 24.2 Å². The number of rotatable bonds is 6. The first kappa shape index (κ1) is 18.5. The molecule has 1 aromatic heterocycles. The number of hydrogen-bond donors (Lipinski definition) is 1. The smallest absolute Gasteiger partial charge is 0.240 e. The molecule has 2 heterocycles. The minimum absolute atomic E-state index is 0.0807. The van der Waals surface area contributed by atoms with Crippen molar-refractivity contribution in [1.29, 1.82) is 0 Å². The molecule has 0 aliphatic carbocycles. The van der Waals surface area contributed by atoms with Crippen LogP contribution in [0.5, 0.6) is 0 Å². The molecule has 25 heavy (non-hydrogen) atoms. The predicted octanol–water partition coefficient (Wildman–Crippen LogP) is 2.20. The van der Waals surface area contributed by atoms with E-state index in [4.69, 9.17) is 4.74 Å². The number of ether oxygens (including phenoxy) is 1. The number of halogens is 1. The highest BCUT2D eigenvalue weighted by Crippen LogP contribution is 2.22. The van der Waals surface area contributed by atoms with Crippen molar-refractivity contribution < 1.29 is 13.2 Å². The van der Waals surface area contributed by atoms with Crippen LogP contribution in [0.1, 0.15) is 11.6 Å². The lowest BCUT2D eigenvalue weighted by molar-refractivity contribution is 0.0171. The van der Waals surface area contributed by atoms with Crippen molar-refractivity contribution in [3.05, 3.63) is 58.8 Å². The zero-order valence-electron chi connectivity index (χ0n) is 13.6. The number of morpholine rings is 1. The number of aromatic nitrogens is 1. The van der Waals surface area contributed by atoms with Crippen molar-refractivity contribution in [3.8, 4) is 0 Å². The van der Waals surface area contributed by atoms with Crippen LogP contribution in [0.4, 0.5) is 0 Å². The average Bonchev–Trinajstić information content (AvgIpc) is 2.64. The molecule has 0 saturated carbocycles. The van der Waals surface area contributed by atoms with Crippen LogP contribution in [0.2, 0.25) is 0 Å². The Balaban J connectivity index is 1.77. The van der Waals surface area contributed by atoms with E-state index < -0.39 is 10.0 Å². The van der Waals surface area contributed by atoms with Gasteiger partial charge in [-0.3, -0.25) is 9.88 Å². The van der Waals surface area contributed by atoms with Crippen LogP contribution in [0.3, 0.4) is 0 Å². The van der Waals surface area contributed by atoms with Gasteiger partial charge in [0.25, 0.3) is 0 Å².